The number of hydrogen-bond acceptors (Lipinski definition) is 3. The lowest BCUT2D eigenvalue weighted by atomic mass is 10.1. The van der Waals surface area contributed by atoms with Crippen LogP contribution in [0, 0.1) is 6.92 Å². The Morgan fingerprint density at radius 3 is 2.00 bits per heavy atom. The van der Waals surface area contributed by atoms with Crippen molar-refractivity contribution < 1.29 is 0 Å². The van der Waals surface area contributed by atoms with Crippen LogP contribution in [0.1, 0.15) is 52.7 Å². The van der Waals surface area contributed by atoms with Crippen LogP contribution in [-0.2, 0) is 6.54 Å². The largest absolute Gasteiger partial charge is 0.291 e. The van der Waals surface area contributed by atoms with Gasteiger partial charge >= 0.3 is 0 Å². The van der Waals surface area contributed by atoms with Crippen LogP contribution in [0.15, 0.2) is 70.6 Å². The van der Waals surface area contributed by atoms with E-state index in [1.807, 2.05) is 36.4 Å². The molecule has 0 radical (unpaired) electrons. The average molecular weight is 547 g/mol. The van der Waals surface area contributed by atoms with Crippen molar-refractivity contribution in [2.24, 2.45) is 9.98 Å². The molecule has 0 aliphatic rings. The molecule has 38 heavy (non-hydrogen) atoms. The van der Waals surface area contributed by atoms with E-state index in [9.17, 15) is 0 Å². The zero-order chi connectivity index (χ0) is 27.4. The Morgan fingerprint density at radius 2 is 1.34 bits per heavy atom. The minimum Gasteiger partial charge on any atom is -0.291 e. The van der Waals surface area contributed by atoms with Crippen LogP contribution in [0.3, 0.4) is 0 Å². The quantitative estimate of drug-likeness (QED) is 0.167. The van der Waals surface area contributed by atoms with E-state index in [1.165, 1.54) is 5.56 Å². The van der Waals surface area contributed by atoms with Gasteiger partial charge in [0, 0.05) is 20.8 Å². The number of halogens is 2. The van der Waals surface area contributed by atoms with Crippen LogP contribution in [0.4, 0.5) is 0 Å². The molecule has 7 heteroatoms. The third-order valence-corrected chi connectivity index (χ3v) is 6.58. The number of aryl methyl sites for hydroxylation is 1. The van der Waals surface area contributed by atoms with E-state index >= 15 is 0 Å². The molecule has 0 fully saturated rings. The molecule has 0 spiro atoms. The summed E-state index contributed by atoms with van der Waals surface area (Å²) in [4.78, 5) is 15.6. The topological polar surface area (TPSA) is 47.0 Å². The Hall–Kier alpha value is -3.15. The van der Waals surface area contributed by atoms with Crippen molar-refractivity contribution in [3.05, 3.63) is 92.8 Å². The van der Waals surface area contributed by atoms with Gasteiger partial charge in [0.05, 0.1) is 28.7 Å². The van der Waals surface area contributed by atoms with E-state index < -0.39 is 0 Å². The van der Waals surface area contributed by atoms with Crippen LogP contribution in [0.25, 0.3) is 27.6 Å². The van der Waals surface area contributed by atoms with Gasteiger partial charge in [-0.3, -0.25) is 19.0 Å². The molecule has 0 saturated carbocycles. The minimum atomic E-state index is -0.332. The molecule has 2 aromatic heterocycles. The van der Waals surface area contributed by atoms with Crippen LogP contribution in [-0.4, -0.2) is 25.0 Å². The molecular weight excluding hydrogens is 513 g/mol. The number of rotatable bonds is 2. The predicted octanol–water partition coefficient (Wildman–Crippen LogP) is 7.50. The fourth-order valence-corrected chi connectivity index (χ4v) is 4.91. The van der Waals surface area contributed by atoms with Gasteiger partial charge in [0.25, 0.3) is 0 Å². The normalized spacial score (nSPS) is 13.8. The number of aromatic nitrogens is 3. The zero-order valence-corrected chi connectivity index (χ0v) is 24.5. The second kappa shape index (κ2) is 9.55. The van der Waals surface area contributed by atoms with Crippen molar-refractivity contribution >= 4 is 50.8 Å². The van der Waals surface area contributed by atoms with Crippen LogP contribution >= 0.6 is 23.2 Å². The summed E-state index contributed by atoms with van der Waals surface area (Å²) in [6.45, 7) is 15.3. The van der Waals surface area contributed by atoms with Crippen molar-refractivity contribution in [1.29, 1.82) is 0 Å². The maximum Gasteiger partial charge on any atom is 0.218 e. The first kappa shape index (κ1) is 26.5. The predicted molar refractivity (Wildman–Crippen MR) is 159 cm³/mol. The van der Waals surface area contributed by atoms with Crippen molar-refractivity contribution in [2.45, 2.75) is 66.1 Å². The molecule has 0 aliphatic carbocycles. The second-order valence-corrected chi connectivity index (χ2v) is 12.7. The maximum atomic E-state index is 6.59. The first-order valence-electron chi connectivity index (χ1n) is 12.8. The molecule has 0 atom stereocenters. The molecule has 2 heterocycles. The minimum absolute atomic E-state index is 0.331. The fraction of sp³-hybridized carbons (Fsp3) is 0.323. The second-order valence-electron chi connectivity index (χ2n) is 11.9. The SMILES string of the molecule is Cc1ccc(Cn2c(=NC(C)(C)C)c3cc(Cl)ccc3n3c(=NC(C)(C)C)c4ccc(Cl)cc4nc23)cc1. The van der Waals surface area contributed by atoms with Crippen LogP contribution in [0.5, 0.6) is 0 Å². The summed E-state index contributed by atoms with van der Waals surface area (Å²) in [6.07, 6.45) is 0. The number of nitrogens with zero attached hydrogens (tertiary/aromatic N) is 5. The van der Waals surface area contributed by atoms with Crippen molar-refractivity contribution in [3.8, 4) is 0 Å². The Labute approximate surface area is 233 Å². The number of benzene rings is 3. The van der Waals surface area contributed by atoms with E-state index in [1.54, 1.807) is 0 Å². The monoisotopic (exact) mass is 545 g/mol. The summed E-state index contributed by atoms with van der Waals surface area (Å²) < 4.78 is 4.32. The van der Waals surface area contributed by atoms with Gasteiger partial charge < -0.3 is 0 Å². The Balaban J connectivity index is 2.11. The number of fused-ring (bicyclic) bond motifs is 4. The molecule has 0 bridgehead atoms. The van der Waals surface area contributed by atoms with Gasteiger partial charge in [-0.25, -0.2) is 4.98 Å². The Morgan fingerprint density at radius 1 is 0.737 bits per heavy atom. The molecule has 0 saturated heterocycles. The van der Waals surface area contributed by atoms with Gasteiger partial charge in [-0.05, 0) is 90.4 Å². The highest BCUT2D eigenvalue weighted by Gasteiger charge is 2.19. The standard InChI is InChI=1S/C31H33Cl2N5/c1-19-8-10-20(11-9-19)18-37-27(35-30(2,3)4)24-16-21(32)13-15-26(24)38-28(36-31(5,6)7)23-14-12-22(33)17-25(23)34-29(37)38/h8-17H,18H2,1-7H3. The molecule has 0 N–H and O–H groups in total. The summed E-state index contributed by atoms with van der Waals surface area (Å²) >= 11 is 13.0. The number of hydrogen-bond donors (Lipinski definition) is 0. The molecule has 0 unspecified atom stereocenters. The molecule has 3 aromatic carbocycles. The van der Waals surface area contributed by atoms with E-state index in [0.717, 1.165) is 44.1 Å². The van der Waals surface area contributed by atoms with Gasteiger partial charge in [-0.1, -0.05) is 53.0 Å². The first-order valence-corrected chi connectivity index (χ1v) is 13.6. The van der Waals surface area contributed by atoms with E-state index in [2.05, 4.69) is 81.7 Å². The lowest BCUT2D eigenvalue weighted by Gasteiger charge is -2.21. The van der Waals surface area contributed by atoms with Gasteiger partial charge in [-0.2, -0.15) is 0 Å². The van der Waals surface area contributed by atoms with Gasteiger partial charge in [0.1, 0.15) is 11.0 Å². The third-order valence-electron chi connectivity index (χ3n) is 6.11. The van der Waals surface area contributed by atoms with E-state index in [0.29, 0.717) is 16.6 Å². The van der Waals surface area contributed by atoms with E-state index in [4.69, 9.17) is 38.2 Å². The lowest BCUT2D eigenvalue weighted by Crippen LogP contribution is -2.34. The van der Waals surface area contributed by atoms with Crippen LogP contribution < -0.4 is 11.0 Å². The highest BCUT2D eigenvalue weighted by atomic mass is 35.5. The van der Waals surface area contributed by atoms with Gasteiger partial charge in [-0.15, -0.1) is 0 Å². The Kier molecular flexibility index (Phi) is 6.65. The Bertz CT molecular complexity index is 1830. The molecular formula is C31H33Cl2N5. The van der Waals surface area contributed by atoms with Crippen molar-refractivity contribution in [1.82, 2.24) is 14.0 Å². The highest BCUT2D eigenvalue weighted by Crippen LogP contribution is 2.22. The van der Waals surface area contributed by atoms with Crippen molar-refractivity contribution in [2.75, 3.05) is 0 Å². The maximum absolute atomic E-state index is 6.59. The third kappa shape index (κ3) is 5.36. The summed E-state index contributed by atoms with van der Waals surface area (Å²) in [5.74, 6) is 0.737. The highest BCUT2D eigenvalue weighted by molar-refractivity contribution is 6.31. The average Bonchev–Trinajstić information content (AvgIpc) is 2.80. The molecule has 5 nitrogen and oxygen atoms in total. The summed E-state index contributed by atoms with van der Waals surface area (Å²) in [6, 6.07) is 20.3. The van der Waals surface area contributed by atoms with Gasteiger partial charge in [0.15, 0.2) is 0 Å². The van der Waals surface area contributed by atoms with E-state index in [-0.39, 0.29) is 11.1 Å². The molecule has 0 aliphatic heterocycles. The summed E-state index contributed by atoms with van der Waals surface area (Å²) in [5.41, 5.74) is 5.08. The molecule has 5 aromatic rings. The lowest BCUT2D eigenvalue weighted by molar-refractivity contribution is 0.548. The fourth-order valence-electron chi connectivity index (χ4n) is 4.57. The molecule has 196 valence electrons. The smallest absolute Gasteiger partial charge is 0.218 e. The molecule has 5 rings (SSSR count). The van der Waals surface area contributed by atoms with Gasteiger partial charge in [0.2, 0.25) is 5.78 Å². The first-order chi connectivity index (χ1) is 17.8. The van der Waals surface area contributed by atoms with Crippen LogP contribution in [0.2, 0.25) is 10.0 Å². The summed E-state index contributed by atoms with van der Waals surface area (Å²) in [5, 5.41) is 3.16. The zero-order valence-electron chi connectivity index (χ0n) is 23.0. The molecule has 0 amide bonds. The van der Waals surface area contributed by atoms with Crippen molar-refractivity contribution in [3.63, 3.8) is 0 Å². The summed E-state index contributed by atoms with van der Waals surface area (Å²) in [7, 11) is 0.